The summed E-state index contributed by atoms with van der Waals surface area (Å²) in [6, 6.07) is 11.8. The molecule has 1 aliphatic heterocycles. The normalized spacial score (nSPS) is 14.7. The van der Waals surface area contributed by atoms with E-state index in [4.69, 9.17) is 30.5 Å². The van der Waals surface area contributed by atoms with E-state index in [-0.39, 0.29) is 16.5 Å². The fourth-order valence-corrected chi connectivity index (χ4v) is 3.40. The summed E-state index contributed by atoms with van der Waals surface area (Å²) in [5.74, 6) is -0.315. The number of morpholine rings is 1. The van der Waals surface area contributed by atoms with Gasteiger partial charge in [0.2, 0.25) is 6.10 Å². The summed E-state index contributed by atoms with van der Waals surface area (Å²) in [5.41, 5.74) is 0.752. The van der Waals surface area contributed by atoms with E-state index in [0.717, 1.165) is 0 Å². The molecule has 0 aromatic heterocycles. The van der Waals surface area contributed by atoms with Gasteiger partial charge in [-0.15, -0.1) is 0 Å². The molecule has 7 nitrogen and oxygen atoms in total. The van der Waals surface area contributed by atoms with Gasteiger partial charge in [-0.05, 0) is 19.1 Å². The average Bonchev–Trinajstić information content (AvgIpc) is 2.79. The van der Waals surface area contributed by atoms with Gasteiger partial charge < -0.3 is 23.8 Å². The molecule has 2 aromatic carbocycles. The number of benzene rings is 2. The van der Waals surface area contributed by atoms with Crippen LogP contribution in [0.4, 0.5) is 0 Å². The van der Waals surface area contributed by atoms with Crippen LogP contribution in [0.1, 0.15) is 28.9 Å². The Bertz CT molecular complexity index is 883. The van der Waals surface area contributed by atoms with Gasteiger partial charge in [-0.2, -0.15) is 0 Å². The average molecular weight is 434 g/mol. The zero-order chi connectivity index (χ0) is 21.5. The maximum atomic E-state index is 13.1. The number of methoxy groups -OCH3 is 1. The summed E-state index contributed by atoms with van der Waals surface area (Å²) >= 11 is 6.27. The highest BCUT2D eigenvalue weighted by molar-refractivity contribution is 6.32. The van der Waals surface area contributed by atoms with E-state index in [1.54, 1.807) is 29.2 Å². The van der Waals surface area contributed by atoms with Crippen molar-refractivity contribution in [3.63, 3.8) is 0 Å². The van der Waals surface area contributed by atoms with Crippen molar-refractivity contribution in [1.29, 1.82) is 0 Å². The van der Waals surface area contributed by atoms with E-state index < -0.39 is 12.1 Å². The highest BCUT2D eigenvalue weighted by Gasteiger charge is 2.31. The molecule has 1 aliphatic rings. The number of rotatable bonds is 7. The van der Waals surface area contributed by atoms with E-state index in [1.165, 1.54) is 19.2 Å². The maximum absolute atomic E-state index is 13.1. The lowest BCUT2D eigenvalue weighted by Crippen LogP contribution is -2.44. The van der Waals surface area contributed by atoms with Crippen molar-refractivity contribution < 1.29 is 28.5 Å². The first-order chi connectivity index (χ1) is 14.5. The molecule has 160 valence electrons. The van der Waals surface area contributed by atoms with Gasteiger partial charge in [0.25, 0.3) is 5.91 Å². The van der Waals surface area contributed by atoms with Crippen LogP contribution >= 0.6 is 11.6 Å². The molecule has 0 saturated carbocycles. The first-order valence-corrected chi connectivity index (χ1v) is 10.1. The molecule has 0 N–H and O–H groups in total. The summed E-state index contributed by atoms with van der Waals surface area (Å²) in [4.78, 5) is 27.7. The van der Waals surface area contributed by atoms with Gasteiger partial charge in [0.15, 0.2) is 11.5 Å². The molecule has 0 radical (unpaired) electrons. The van der Waals surface area contributed by atoms with Crippen molar-refractivity contribution in [3.05, 3.63) is 58.6 Å². The molecular formula is C22H24ClNO6. The Kier molecular flexibility index (Phi) is 7.54. The van der Waals surface area contributed by atoms with Crippen molar-refractivity contribution in [2.24, 2.45) is 0 Å². The molecule has 0 spiro atoms. The summed E-state index contributed by atoms with van der Waals surface area (Å²) < 4.78 is 21.8. The second kappa shape index (κ2) is 10.3. The fourth-order valence-electron chi connectivity index (χ4n) is 3.14. The molecule has 8 heteroatoms. The molecule has 1 amide bonds. The van der Waals surface area contributed by atoms with Crippen LogP contribution in [0.2, 0.25) is 5.02 Å². The molecular weight excluding hydrogens is 410 g/mol. The van der Waals surface area contributed by atoms with Crippen molar-refractivity contribution in [2.45, 2.75) is 13.0 Å². The summed E-state index contributed by atoms with van der Waals surface area (Å²) in [6.45, 7) is 4.01. The van der Waals surface area contributed by atoms with Crippen LogP contribution in [0, 0.1) is 0 Å². The predicted octanol–water partition coefficient (Wildman–Crippen LogP) is 3.50. The Morgan fingerprint density at radius 1 is 1.17 bits per heavy atom. The number of carbonyl (C=O) groups excluding carboxylic acids is 2. The number of amides is 1. The Hall–Kier alpha value is -2.77. The standard InChI is InChI=1S/C22H24ClNO6/c1-3-29-20-17(23)13-16(14-18(20)27-2)22(26)30-19(15-7-5-4-6-8-15)21(25)24-9-11-28-12-10-24/h4-8,13-14,19H,3,9-12H2,1-2H3. The second-order valence-corrected chi connectivity index (χ2v) is 6.96. The molecule has 1 saturated heterocycles. The van der Waals surface area contributed by atoms with Crippen LogP contribution in [0.3, 0.4) is 0 Å². The highest BCUT2D eigenvalue weighted by atomic mass is 35.5. The fraction of sp³-hybridized carbons (Fsp3) is 0.364. The molecule has 1 heterocycles. The quantitative estimate of drug-likeness (QED) is 0.622. The lowest BCUT2D eigenvalue weighted by molar-refractivity contribution is -0.145. The molecule has 30 heavy (non-hydrogen) atoms. The third-order valence-electron chi connectivity index (χ3n) is 4.63. The van der Waals surface area contributed by atoms with Gasteiger partial charge in [0.05, 0.1) is 37.5 Å². The van der Waals surface area contributed by atoms with Gasteiger partial charge >= 0.3 is 5.97 Å². The highest BCUT2D eigenvalue weighted by Crippen LogP contribution is 2.37. The van der Waals surface area contributed by atoms with Crippen LogP contribution < -0.4 is 9.47 Å². The molecule has 1 unspecified atom stereocenters. The van der Waals surface area contributed by atoms with Gasteiger partial charge in [0.1, 0.15) is 0 Å². The van der Waals surface area contributed by atoms with Crippen molar-refractivity contribution in [1.82, 2.24) is 4.90 Å². The monoisotopic (exact) mass is 433 g/mol. The maximum Gasteiger partial charge on any atom is 0.339 e. The van der Waals surface area contributed by atoms with E-state index in [2.05, 4.69) is 0 Å². The molecule has 0 bridgehead atoms. The van der Waals surface area contributed by atoms with Crippen LogP contribution in [0.5, 0.6) is 11.5 Å². The van der Waals surface area contributed by atoms with E-state index in [0.29, 0.717) is 50.0 Å². The van der Waals surface area contributed by atoms with E-state index >= 15 is 0 Å². The van der Waals surface area contributed by atoms with Crippen LogP contribution in [0.15, 0.2) is 42.5 Å². The Balaban J connectivity index is 1.88. The number of halogens is 1. The first-order valence-electron chi connectivity index (χ1n) is 9.68. The zero-order valence-corrected chi connectivity index (χ0v) is 17.7. The van der Waals surface area contributed by atoms with Gasteiger partial charge in [-0.3, -0.25) is 4.79 Å². The van der Waals surface area contributed by atoms with Gasteiger partial charge in [-0.1, -0.05) is 41.9 Å². The van der Waals surface area contributed by atoms with Crippen molar-refractivity contribution in [2.75, 3.05) is 40.0 Å². The van der Waals surface area contributed by atoms with Crippen molar-refractivity contribution >= 4 is 23.5 Å². The van der Waals surface area contributed by atoms with E-state index in [1.807, 2.05) is 13.0 Å². The lowest BCUT2D eigenvalue weighted by Gasteiger charge is -2.30. The number of nitrogens with zero attached hydrogens (tertiary/aromatic N) is 1. The third-order valence-corrected chi connectivity index (χ3v) is 4.91. The minimum absolute atomic E-state index is 0.163. The van der Waals surface area contributed by atoms with Crippen LogP contribution in [-0.4, -0.2) is 56.8 Å². The molecule has 0 aliphatic carbocycles. The second-order valence-electron chi connectivity index (χ2n) is 6.56. The number of hydrogen-bond acceptors (Lipinski definition) is 6. The molecule has 2 aromatic rings. The largest absolute Gasteiger partial charge is 0.493 e. The van der Waals surface area contributed by atoms with Crippen molar-refractivity contribution in [3.8, 4) is 11.5 Å². The van der Waals surface area contributed by atoms with Gasteiger partial charge in [0, 0.05) is 18.7 Å². The summed E-state index contributed by atoms with van der Waals surface area (Å²) in [7, 11) is 1.46. The smallest absolute Gasteiger partial charge is 0.339 e. The molecule has 1 atom stereocenters. The Labute approximate surface area is 180 Å². The third kappa shape index (κ3) is 5.04. The summed E-state index contributed by atoms with van der Waals surface area (Å²) in [5, 5.41) is 0.221. The number of ether oxygens (including phenoxy) is 4. The van der Waals surface area contributed by atoms with Crippen LogP contribution in [-0.2, 0) is 14.3 Å². The first kappa shape index (κ1) is 21.9. The SMILES string of the molecule is CCOc1c(Cl)cc(C(=O)OC(C(=O)N2CCOCC2)c2ccccc2)cc1OC. The zero-order valence-electron chi connectivity index (χ0n) is 16.9. The Morgan fingerprint density at radius 2 is 1.87 bits per heavy atom. The van der Waals surface area contributed by atoms with Gasteiger partial charge in [-0.25, -0.2) is 4.79 Å². The molecule has 3 rings (SSSR count). The predicted molar refractivity (Wildman–Crippen MR) is 111 cm³/mol. The lowest BCUT2D eigenvalue weighted by atomic mass is 10.1. The number of hydrogen-bond donors (Lipinski definition) is 0. The number of carbonyl (C=O) groups is 2. The Morgan fingerprint density at radius 3 is 2.50 bits per heavy atom. The minimum atomic E-state index is -1.08. The van der Waals surface area contributed by atoms with Crippen LogP contribution in [0.25, 0.3) is 0 Å². The molecule has 1 fully saturated rings. The van der Waals surface area contributed by atoms with E-state index in [9.17, 15) is 9.59 Å². The topological polar surface area (TPSA) is 74.3 Å². The minimum Gasteiger partial charge on any atom is -0.493 e. The summed E-state index contributed by atoms with van der Waals surface area (Å²) in [6.07, 6.45) is -1.08. The number of esters is 1.